The summed E-state index contributed by atoms with van der Waals surface area (Å²) in [7, 11) is 0. The van der Waals surface area contributed by atoms with Gasteiger partial charge in [0.2, 0.25) is 5.91 Å². The maximum Gasteiger partial charge on any atom is 0.242 e. The molecule has 0 aliphatic carbocycles. The molecule has 0 saturated carbocycles. The molecule has 0 N–H and O–H groups in total. The third-order valence-corrected chi connectivity index (χ3v) is 6.71. The fourth-order valence-electron chi connectivity index (χ4n) is 4.23. The Bertz CT molecular complexity index is 1250. The molecule has 4 aromatic rings. The van der Waals surface area contributed by atoms with E-state index in [9.17, 15) is 4.79 Å². The first-order chi connectivity index (χ1) is 16.3. The Morgan fingerprint density at radius 3 is 2.12 bits per heavy atom. The number of thioether (sulfide) groups is 1. The highest BCUT2D eigenvalue weighted by atomic mass is 32.2. The molecule has 0 saturated heterocycles. The van der Waals surface area contributed by atoms with E-state index in [1.54, 1.807) is 0 Å². The second-order valence-electron chi connectivity index (χ2n) is 7.85. The predicted octanol–water partition coefficient (Wildman–Crippen LogP) is 5.69. The Morgan fingerprint density at radius 1 is 0.879 bits per heavy atom. The topological polar surface area (TPSA) is 51.0 Å². The van der Waals surface area contributed by atoms with Gasteiger partial charge >= 0.3 is 0 Å². The maximum absolute atomic E-state index is 13.6. The van der Waals surface area contributed by atoms with Crippen LogP contribution in [0.4, 0.5) is 11.4 Å². The van der Waals surface area contributed by atoms with E-state index >= 15 is 0 Å². The minimum Gasteiger partial charge on any atom is -0.298 e. The lowest BCUT2D eigenvalue weighted by Gasteiger charge is -2.24. The van der Waals surface area contributed by atoms with E-state index in [0.717, 1.165) is 35.6 Å². The summed E-state index contributed by atoms with van der Waals surface area (Å²) in [6.07, 6.45) is 3.65. The first-order valence-corrected chi connectivity index (χ1v) is 12.0. The number of aromatic nitrogens is 3. The SMILES string of the molecule is C=CCn1c(SCC(=O)N2c3ccccc3CCc3ccccc32)nnc1-c1ccccc1. The molecule has 1 aromatic heterocycles. The van der Waals surface area contributed by atoms with Crippen molar-refractivity contribution in [3.8, 4) is 11.4 Å². The van der Waals surface area contributed by atoms with Crippen LogP contribution >= 0.6 is 11.8 Å². The number of aryl methyl sites for hydroxylation is 2. The van der Waals surface area contributed by atoms with Crippen LogP contribution in [0.5, 0.6) is 0 Å². The average Bonchev–Trinajstić information content (AvgIpc) is 3.17. The van der Waals surface area contributed by atoms with Crippen LogP contribution in [0.25, 0.3) is 11.4 Å². The van der Waals surface area contributed by atoms with Crippen LogP contribution in [0.2, 0.25) is 0 Å². The number of carbonyl (C=O) groups excluding carboxylic acids is 1. The van der Waals surface area contributed by atoms with Gasteiger partial charge in [0, 0.05) is 12.1 Å². The number of amides is 1. The number of carbonyl (C=O) groups is 1. The number of para-hydroxylation sites is 2. The standard InChI is InChI=1S/C27H24N4OS/c1-2-18-30-26(22-12-4-3-5-13-22)28-29-27(30)33-19-25(32)31-23-14-8-6-10-20(23)16-17-21-11-7-9-15-24(21)31/h2-15H,1,16-19H2. The molecule has 0 bridgehead atoms. The van der Waals surface area contributed by atoms with Crippen molar-refractivity contribution in [3.63, 3.8) is 0 Å². The van der Waals surface area contributed by atoms with Crippen LogP contribution < -0.4 is 4.90 Å². The molecule has 1 amide bonds. The highest BCUT2D eigenvalue weighted by Gasteiger charge is 2.26. The molecule has 1 aliphatic heterocycles. The van der Waals surface area contributed by atoms with E-state index in [2.05, 4.69) is 28.9 Å². The lowest BCUT2D eigenvalue weighted by molar-refractivity contribution is -0.115. The van der Waals surface area contributed by atoms with Crippen molar-refractivity contribution in [2.45, 2.75) is 24.5 Å². The number of hydrogen-bond donors (Lipinski definition) is 0. The van der Waals surface area contributed by atoms with Crippen LogP contribution in [0, 0.1) is 0 Å². The first-order valence-electron chi connectivity index (χ1n) is 11.0. The van der Waals surface area contributed by atoms with Gasteiger partial charge in [-0.25, -0.2) is 0 Å². The molecule has 5 nitrogen and oxygen atoms in total. The molecule has 33 heavy (non-hydrogen) atoms. The number of hydrogen-bond acceptors (Lipinski definition) is 4. The third-order valence-electron chi connectivity index (χ3n) is 5.76. The number of allylic oxidation sites excluding steroid dienone is 1. The van der Waals surface area contributed by atoms with Gasteiger partial charge in [0.15, 0.2) is 11.0 Å². The fraction of sp³-hybridized carbons (Fsp3) is 0.148. The Morgan fingerprint density at radius 2 is 1.48 bits per heavy atom. The number of benzene rings is 3. The van der Waals surface area contributed by atoms with Gasteiger partial charge in [0.25, 0.3) is 0 Å². The van der Waals surface area contributed by atoms with Gasteiger partial charge < -0.3 is 0 Å². The van der Waals surface area contributed by atoms with Crippen molar-refractivity contribution in [1.29, 1.82) is 0 Å². The molecular weight excluding hydrogens is 428 g/mol. The number of fused-ring (bicyclic) bond motifs is 2. The Labute approximate surface area is 197 Å². The normalized spacial score (nSPS) is 12.5. The van der Waals surface area contributed by atoms with E-state index in [-0.39, 0.29) is 11.7 Å². The zero-order valence-electron chi connectivity index (χ0n) is 18.2. The zero-order chi connectivity index (χ0) is 22.6. The molecule has 2 heterocycles. The third kappa shape index (κ3) is 4.22. The minimum absolute atomic E-state index is 0.0243. The highest BCUT2D eigenvalue weighted by molar-refractivity contribution is 7.99. The quantitative estimate of drug-likeness (QED) is 0.279. The second-order valence-corrected chi connectivity index (χ2v) is 8.79. The molecule has 164 valence electrons. The molecule has 6 heteroatoms. The van der Waals surface area contributed by atoms with E-state index in [0.29, 0.717) is 11.7 Å². The number of anilines is 2. The van der Waals surface area contributed by atoms with Gasteiger partial charge in [0.05, 0.1) is 17.1 Å². The first kappa shape index (κ1) is 21.2. The molecule has 0 unspecified atom stereocenters. The largest absolute Gasteiger partial charge is 0.298 e. The molecule has 0 radical (unpaired) electrons. The number of rotatable bonds is 6. The van der Waals surface area contributed by atoms with Gasteiger partial charge in [-0.3, -0.25) is 14.3 Å². The van der Waals surface area contributed by atoms with Crippen molar-refractivity contribution < 1.29 is 4.79 Å². The van der Waals surface area contributed by atoms with Gasteiger partial charge in [0.1, 0.15) is 0 Å². The van der Waals surface area contributed by atoms with E-state index in [1.165, 1.54) is 22.9 Å². The fourth-order valence-corrected chi connectivity index (χ4v) is 5.03. The summed E-state index contributed by atoms with van der Waals surface area (Å²) in [5, 5.41) is 9.50. The Balaban J connectivity index is 1.45. The zero-order valence-corrected chi connectivity index (χ0v) is 19.0. The summed E-state index contributed by atoms with van der Waals surface area (Å²) >= 11 is 1.41. The van der Waals surface area contributed by atoms with Gasteiger partial charge in [-0.15, -0.1) is 16.8 Å². The molecular formula is C27H24N4OS. The molecule has 0 spiro atoms. The van der Waals surface area contributed by atoms with Gasteiger partial charge in [-0.1, -0.05) is 84.6 Å². The monoisotopic (exact) mass is 452 g/mol. The predicted molar refractivity (Wildman–Crippen MR) is 134 cm³/mol. The Hall–Kier alpha value is -3.64. The van der Waals surface area contributed by atoms with Crippen LogP contribution in [0.1, 0.15) is 11.1 Å². The van der Waals surface area contributed by atoms with Gasteiger partial charge in [-0.05, 0) is 36.1 Å². The molecule has 0 atom stereocenters. The van der Waals surface area contributed by atoms with E-state index in [1.807, 2.05) is 82.3 Å². The van der Waals surface area contributed by atoms with Crippen molar-refractivity contribution in [2.75, 3.05) is 10.7 Å². The lowest BCUT2D eigenvalue weighted by atomic mass is 10.0. The highest BCUT2D eigenvalue weighted by Crippen LogP contribution is 2.37. The van der Waals surface area contributed by atoms with Crippen molar-refractivity contribution in [3.05, 3.63) is 103 Å². The Kier molecular flexibility index (Phi) is 6.09. The summed E-state index contributed by atoms with van der Waals surface area (Å²) in [5.41, 5.74) is 5.29. The van der Waals surface area contributed by atoms with E-state index < -0.39 is 0 Å². The maximum atomic E-state index is 13.6. The summed E-state index contributed by atoms with van der Waals surface area (Å²) in [4.78, 5) is 15.5. The van der Waals surface area contributed by atoms with Crippen LogP contribution in [0.3, 0.4) is 0 Å². The van der Waals surface area contributed by atoms with Crippen molar-refractivity contribution >= 4 is 29.0 Å². The van der Waals surface area contributed by atoms with Gasteiger partial charge in [-0.2, -0.15) is 0 Å². The van der Waals surface area contributed by atoms with Crippen molar-refractivity contribution in [2.24, 2.45) is 0 Å². The molecule has 0 fully saturated rings. The summed E-state index contributed by atoms with van der Waals surface area (Å²) in [6, 6.07) is 26.3. The second kappa shape index (κ2) is 9.46. The van der Waals surface area contributed by atoms with Crippen molar-refractivity contribution in [1.82, 2.24) is 14.8 Å². The average molecular weight is 453 g/mol. The minimum atomic E-state index is 0.0243. The summed E-state index contributed by atoms with van der Waals surface area (Å²) < 4.78 is 2.00. The summed E-state index contributed by atoms with van der Waals surface area (Å²) in [5.74, 6) is 1.05. The molecule has 5 rings (SSSR count). The molecule has 1 aliphatic rings. The van der Waals surface area contributed by atoms with Crippen LogP contribution in [-0.2, 0) is 24.2 Å². The van der Waals surface area contributed by atoms with E-state index in [4.69, 9.17) is 0 Å². The number of nitrogens with zero attached hydrogens (tertiary/aromatic N) is 4. The van der Waals surface area contributed by atoms with Crippen LogP contribution in [-0.4, -0.2) is 26.4 Å². The smallest absolute Gasteiger partial charge is 0.242 e. The summed E-state index contributed by atoms with van der Waals surface area (Å²) in [6.45, 7) is 4.45. The van der Waals surface area contributed by atoms with Crippen LogP contribution in [0.15, 0.2) is 96.7 Å². The molecule has 3 aromatic carbocycles. The lowest BCUT2D eigenvalue weighted by Crippen LogP contribution is -2.28.